The zero-order valence-corrected chi connectivity index (χ0v) is 10.7. The van der Waals surface area contributed by atoms with Crippen molar-refractivity contribution in [2.45, 2.75) is 13.1 Å². The number of halogens is 2. The molecule has 2 aromatic carbocycles. The normalized spacial score (nSPS) is 10.5. The van der Waals surface area contributed by atoms with Gasteiger partial charge in [0.05, 0.1) is 0 Å². The summed E-state index contributed by atoms with van der Waals surface area (Å²) in [6.07, 6.45) is 0. The molecule has 2 aromatic rings. The quantitative estimate of drug-likeness (QED) is 0.917. The van der Waals surface area contributed by atoms with Crippen molar-refractivity contribution in [3.05, 3.63) is 65.2 Å². The summed E-state index contributed by atoms with van der Waals surface area (Å²) < 4.78 is 27.3. The van der Waals surface area contributed by atoms with Crippen LogP contribution in [0.15, 0.2) is 42.5 Å². The molecular weight excluding hydrogens is 246 g/mol. The van der Waals surface area contributed by atoms with Gasteiger partial charge in [0.25, 0.3) is 0 Å². The van der Waals surface area contributed by atoms with Crippen LogP contribution in [0.25, 0.3) is 0 Å². The first kappa shape index (κ1) is 13.5. The van der Waals surface area contributed by atoms with Gasteiger partial charge in [0, 0.05) is 37.0 Å². The first-order valence-electron chi connectivity index (χ1n) is 6.05. The molecule has 2 nitrogen and oxygen atoms in total. The minimum Gasteiger partial charge on any atom is -0.370 e. The minimum absolute atomic E-state index is 0.115. The third kappa shape index (κ3) is 2.90. The first-order valence-corrected chi connectivity index (χ1v) is 6.05. The number of benzene rings is 2. The molecule has 19 heavy (non-hydrogen) atoms. The Morgan fingerprint density at radius 3 is 2.37 bits per heavy atom. The molecule has 4 heteroatoms. The highest BCUT2D eigenvalue weighted by Gasteiger charge is 2.12. The second-order valence-corrected chi connectivity index (χ2v) is 4.39. The highest BCUT2D eigenvalue weighted by Crippen LogP contribution is 2.23. The lowest BCUT2D eigenvalue weighted by Gasteiger charge is -2.22. The Kier molecular flexibility index (Phi) is 4.12. The first-order chi connectivity index (χ1) is 9.13. The molecule has 0 aliphatic rings. The van der Waals surface area contributed by atoms with Crippen molar-refractivity contribution in [1.29, 1.82) is 0 Å². The third-order valence-corrected chi connectivity index (χ3v) is 3.07. The predicted octanol–water partition coefficient (Wildman–Crippen LogP) is 3.06. The zero-order valence-electron chi connectivity index (χ0n) is 10.7. The van der Waals surface area contributed by atoms with Gasteiger partial charge in [-0.2, -0.15) is 0 Å². The maximum absolute atomic E-state index is 13.6. The molecule has 2 N–H and O–H groups in total. The van der Waals surface area contributed by atoms with Crippen molar-refractivity contribution in [1.82, 2.24) is 0 Å². The summed E-state index contributed by atoms with van der Waals surface area (Å²) in [4.78, 5) is 1.80. The maximum atomic E-state index is 13.6. The molecule has 0 radical (unpaired) electrons. The molecule has 0 bridgehead atoms. The molecule has 0 amide bonds. The van der Waals surface area contributed by atoms with Crippen LogP contribution in [0.5, 0.6) is 0 Å². The van der Waals surface area contributed by atoms with Crippen LogP contribution < -0.4 is 10.6 Å². The fourth-order valence-corrected chi connectivity index (χ4v) is 2.07. The summed E-state index contributed by atoms with van der Waals surface area (Å²) in [6.45, 7) is 0.479. The average Bonchev–Trinajstić information content (AvgIpc) is 2.41. The topological polar surface area (TPSA) is 29.3 Å². The van der Waals surface area contributed by atoms with Crippen molar-refractivity contribution in [3.63, 3.8) is 0 Å². The average molecular weight is 262 g/mol. The number of anilines is 1. The van der Waals surface area contributed by atoms with Gasteiger partial charge in [0.2, 0.25) is 0 Å². The Hall–Kier alpha value is -1.94. The molecule has 100 valence electrons. The summed E-state index contributed by atoms with van der Waals surface area (Å²) in [5, 5.41) is 0. The van der Waals surface area contributed by atoms with Crippen molar-refractivity contribution < 1.29 is 8.78 Å². The molecule has 0 fully saturated rings. The number of hydrogen-bond acceptors (Lipinski definition) is 2. The highest BCUT2D eigenvalue weighted by molar-refractivity contribution is 5.54. The van der Waals surface area contributed by atoms with Crippen LogP contribution in [-0.4, -0.2) is 7.05 Å². The smallest absolute Gasteiger partial charge is 0.129 e. The van der Waals surface area contributed by atoms with Crippen molar-refractivity contribution in [2.75, 3.05) is 11.9 Å². The second kappa shape index (κ2) is 5.80. The molecule has 0 aliphatic carbocycles. The van der Waals surface area contributed by atoms with Gasteiger partial charge in [-0.15, -0.1) is 0 Å². The van der Waals surface area contributed by atoms with E-state index in [1.807, 2.05) is 0 Å². The van der Waals surface area contributed by atoms with Crippen LogP contribution in [0.3, 0.4) is 0 Å². The standard InChI is InChI=1S/C15H16F2N2/c1-19(10-11-5-2-3-6-13(11)16)15-8-4-7-14(17)12(15)9-18/h2-8H,9-10,18H2,1H3. The van der Waals surface area contributed by atoms with Crippen LogP contribution >= 0.6 is 0 Å². The molecule has 0 unspecified atom stereocenters. The van der Waals surface area contributed by atoms with Gasteiger partial charge in [-0.05, 0) is 18.2 Å². The number of nitrogens with two attached hydrogens (primary N) is 1. The molecule has 0 aliphatic heterocycles. The van der Waals surface area contributed by atoms with Gasteiger partial charge in [-0.3, -0.25) is 0 Å². The van der Waals surface area contributed by atoms with E-state index in [-0.39, 0.29) is 18.2 Å². The molecule has 0 atom stereocenters. The maximum Gasteiger partial charge on any atom is 0.129 e. The van der Waals surface area contributed by atoms with Crippen molar-refractivity contribution in [2.24, 2.45) is 5.73 Å². The van der Waals surface area contributed by atoms with Gasteiger partial charge < -0.3 is 10.6 Å². The summed E-state index contributed by atoms with van der Waals surface area (Å²) in [5.74, 6) is -0.597. The zero-order chi connectivity index (χ0) is 13.8. The molecule has 0 aromatic heterocycles. The van der Waals surface area contributed by atoms with Crippen LogP contribution in [0.1, 0.15) is 11.1 Å². The summed E-state index contributed by atoms with van der Waals surface area (Å²) >= 11 is 0. The van der Waals surface area contributed by atoms with Crippen LogP contribution in [-0.2, 0) is 13.1 Å². The minimum atomic E-state index is -0.333. The Balaban J connectivity index is 2.28. The lowest BCUT2D eigenvalue weighted by atomic mass is 10.1. The van der Waals surface area contributed by atoms with Gasteiger partial charge >= 0.3 is 0 Å². The van der Waals surface area contributed by atoms with Gasteiger partial charge in [0.15, 0.2) is 0 Å². The number of nitrogens with zero attached hydrogens (tertiary/aromatic N) is 1. The fourth-order valence-electron chi connectivity index (χ4n) is 2.07. The third-order valence-electron chi connectivity index (χ3n) is 3.07. The highest BCUT2D eigenvalue weighted by atomic mass is 19.1. The van der Waals surface area contributed by atoms with E-state index in [1.54, 1.807) is 42.3 Å². The van der Waals surface area contributed by atoms with E-state index in [2.05, 4.69) is 0 Å². The summed E-state index contributed by atoms with van der Waals surface area (Å²) in [7, 11) is 1.79. The van der Waals surface area contributed by atoms with Gasteiger partial charge in [-0.25, -0.2) is 8.78 Å². The molecule has 0 heterocycles. The Bertz CT molecular complexity index is 570. The van der Waals surface area contributed by atoms with E-state index in [0.717, 1.165) is 0 Å². The number of hydrogen-bond donors (Lipinski definition) is 1. The Morgan fingerprint density at radius 1 is 1.00 bits per heavy atom. The largest absolute Gasteiger partial charge is 0.370 e. The van der Waals surface area contributed by atoms with Crippen LogP contribution in [0.4, 0.5) is 14.5 Å². The number of rotatable bonds is 4. The fraction of sp³-hybridized carbons (Fsp3) is 0.200. The molecule has 2 rings (SSSR count). The second-order valence-electron chi connectivity index (χ2n) is 4.39. The molecule has 0 saturated carbocycles. The van der Waals surface area contributed by atoms with Gasteiger partial charge in [0.1, 0.15) is 11.6 Å². The van der Waals surface area contributed by atoms with E-state index >= 15 is 0 Å². The summed E-state index contributed by atoms with van der Waals surface area (Å²) in [5.41, 5.74) is 7.27. The van der Waals surface area contributed by atoms with Crippen LogP contribution in [0.2, 0.25) is 0 Å². The monoisotopic (exact) mass is 262 g/mol. The van der Waals surface area contributed by atoms with E-state index in [9.17, 15) is 8.78 Å². The molecular formula is C15H16F2N2. The molecule has 0 saturated heterocycles. The van der Waals surface area contributed by atoms with E-state index in [0.29, 0.717) is 23.4 Å². The van der Waals surface area contributed by atoms with E-state index in [1.165, 1.54) is 12.1 Å². The molecule has 0 spiro atoms. The van der Waals surface area contributed by atoms with Crippen molar-refractivity contribution in [3.8, 4) is 0 Å². The lowest BCUT2D eigenvalue weighted by molar-refractivity contribution is 0.603. The Labute approximate surface area is 111 Å². The summed E-state index contributed by atoms with van der Waals surface area (Å²) in [6, 6.07) is 11.3. The SMILES string of the molecule is CN(Cc1ccccc1F)c1cccc(F)c1CN. The van der Waals surface area contributed by atoms with E-state index < -0.39 is 0 Å². The predicted molar refractivity (Wildman–Crippen MR) is 72.8 cm³/mol. The van der Waals surface area contributed by atoms with Crippen molar-refractivity contribution >= 4 is 5.69 Å². The van der Waals surface area contributed by atoms with Crippen LogP contribution in [0, 0.1) is 11.6 Å². The lowest BCUT2D eigenvalue weighted by Crippen LogP contribution is -2.20. The van der Waals surface area contributed by atoms with E-state index in [4.69, 9.17) is 5.73 Å². The Morgan fingerprint density at radius 2 is 1.68 bits per heavy atom. The van der Waals surface area contributed by atoms with Gasteiger partial charge in [-0.1, -0.05) is 24.3 Å².